The molecule has 3 aromatic carbocycles. The maximum absolute atomic E-state index is 6.35. The second-order valence-corrected chi connectivity index (χ2v) is 10.9. The van der Waals surface area contributed by atoms with E-state index in [-0.39, 0.29) is 18.3 Å². The summed E-state index contributed by atoms with van der Waals surface area (Å²) in [4.78, 5) is 0. The number of rotatable bonds is 3. The van der Waals surface area contributed by atoms with Gasteiger partial charge in [-0.1, -0.05) is 73.7 Å². The molecule has 0 radical (unpaired) electrons. The summed E-state index contributed by atoms with van der Waals surface area (Å²) in [5.41, 5.74) is 6.88. The Kier molecular flexibility index (Phi) is 5.10. The molecule has 3 nitrogen and oxygen atoms in total. The minimum absolute atomic E-state index is 0.284. The number of fused-ring (bicyclic) bond motifs is 3. The average Bonchev–Trinajstić information content (AvgIpc) is 3.29. The van der Waals surface area contributed by atoms with Gasteiger partial charge >= 0.3 is 7.12 Å². The lowest BCUT2D eigenvalue weighted by atomic mass is 9.69. The van der Waals surface area contributed by atoms with Gasteiger partial charge in [0.25, 0.3) is 0 Å². The maximum Gasteiger partial charge on any atom is 0.490 e. The van der Waals surface area contributed by atoms with Gasteiger partial charge in [-0.15, -0.1) is 0 Å². The highest BCUT2D eigenvalue weighted by molar-refractivity contribution is 6.54. The van der Waals surface area contributed by atoms with Gasteiger partial charge in [-0.05, 0) is 69.3 Å². The molecule has 0 spiro atoms. The zero-order chi connectivity index (χ0) is 24.4. The van der Waals surface area contributed by atoms with Crippen molar-refractivity contribution in [3.05, 3.63) is 96.0 Å². The summed E-state index contributed by atoms with van der Waals surface area (Å²) in [6, 6.07) is 26.2. The summed E-state index contributed by atoms with van der Waals surface area (Å²) in [5.74, 6) is 0.350. The lowest BCUT2D eigenvalue weighted by Gasteiger charge is -2.32. The molecular formula is C31H32BNO2. The van der Waals surface area contributed by atoms with Crippen molar-refractivity contribution >= 4 is 34.5 Å². The molecule has 0 N–H and O–H groups in total. The Bertz CT molecular complexity index is 1440. The van der Waals surface area contributed by atoms with Crippen molar-refractivity contribution < 1.29 is 9.31 Å². The van der Waals surface area contributed by atoms with Gasteiger partial charge in [-0.3, -0.25) is 0 Å². The Balaban J connectivity index is 1.46. The van der Waals surface area contributed by atoms with E-state index in [1.54, 1.807) is 0 Å². The molecule has 1 aliphatic heterocycles. The van der Waals surface area contributed by atoms with Crippen LogP contribution in [0.4, 0.5) is 0 Å². The zero-order valence-corrected chi connectivity index (χ0v) is 21.2. The summed E-state index contributed by atoms with van der Waals surface area (Å²) in [6.45, 7) is 10.8. The first-order chi connectivity index (χ1) is 16.8. The molecule has 2 aliphatic rings. The summed E-state index contributed by atoms with van der Waals surface area (Å²) in [5, 5.41) is 2.57. The van der Waals surface area contributed by atoms with Gasteiger partial charge in [-0.25, -0.2) is 0 Å². The first-order valence-corrected chi connectivity index (χ1v) is 12.6. The van der Waals surface area contributed by atoms with Crippen LogP contribution in [0.1, 0.15) is 46.6 Å². The molecule has 6 rings (SSSR count). The fraction of sp³-hybridized carbons (Fsp3) is 0.290. The van der Waals surface area contributed by atoms with E-state index in [0.717, 1.165) is 6.42 Å². The second kappa shape index (κ2) is 7.98. The summed E-state index contributed by atoms with van der Waals surface area (Å²) in [7, 11) is -0.284. The summed E-state index contributed by atoms with van der Waals surface area (Å²) < 4.78 is 15.1. The van der Waals surface area contributed by atoms with Gasteiger partial charge < -0.3 is 13.9 Å². The van der Waals surface area contributed by atoms with Crippen molar-refractivity contribution in [1.82, 2.24) is 4.57 Å². The van der Waals surface area contributed by atoms with Crippen molar-refractivity contribution in [2.45, 2.75) is 52.2 Å². The molecule has 0 amide bonds. The lowest BCUT2D eigenvalue weighted by molar-refractivity contribution is 0.00578. The molecule has 1 aromatic heterocycles. The minimum Gasteiger partial charge on any atom is -0.400 e. The molecule has 0 bridgehead atoms. The molecule has 1 fully saturated rings. The number of nitrogens with zero attached hydrogens (tertiary/aromatic N) is 1. The van der Waals surface area contributed by atoms with Crippen LogP contribution in [0.25, 0.3) is 33.1 Å². The van der Waals surface area contributed by atoms with Crippen LogP contribution in [0, 0.1) is 5.92 Å². The molecule has 1 saturated heterocycles. The normalized spacial score (nSPS) is 21.4. The van der Waals surface area contributed by atoms with Crippen molar-refractivity contribution in [3.8, 4) is 5.69 Å². The standard InChI is InChI=1S/C31H32BNO2/c1-21-20-22(32-34-30(2,3)31(4,5)35-32)18-19-23(21)24-12-6-9-15-27(24)33-28-16-10-7-13-25(28)26-14-8-11-17-29(26)33/h6-19,21H,20H2,1-5H3. The lowest BCUT2D eigenvalue weighted by Crippen LogP contribution is -2.41. The molecule has 35 heavy (non-hydrogen) atoms. The van der Waals surface area contributed by atoms with E-state index in [1.165, 1.54) is 44.1 Å². The number of para-hydroxylation sites is 3. The molecular weight excluding hydrogens is 429 g/mol. The summed E-state index contributed by atoms with van der Waals surface area (Å²) in [6.07, 6.45) is 5.42. The molecule has 1 atom stereocenters. The topological polar surface area (TPSA) is 23.4 Å². The molecule has 2 heterocycles. The highest BCUT2D eigenvalue weighted by Crippen LogP contribution is 2.43. The zero-order valence-electron chi connectivity index (χ0n) is 21.2. The van der Waals surface area contributed by atoms with Crippen LogP contribution in [0.2, 0.25) is 0 Å². The van der Waals surface area contributed by atoms with E-state index in [2.05, 4.69) is 124 Å². The van der Waals surface area contributed by atoms with Crippen LogP contribution in [-0.4, -0.2) is 22.9 Å². The largest absolute Gasteiger partial charge is 0.490 e. The predicted molar refractivity (Wildman–Crippen MR) is 147 cm³/mol. The van der Waals surface area contributed by atoms with Gasteiger partial charge in [0.2, 0.25) is 0 Å². The fourth-order valence-corrected chi connectivity index (χ4v) is 5.51. The quantitative estimate of drug-likeness (QED) is 0.291. The number of hydrogen-bond acceptors (Lipinski definition) is 2. The van der Waals surface area contributed by atoms with Gasteiger partial charge in [0.1, 0.15) is 0 Å². The van der Waals surface area contributed by atoms with Gasteiger partial charge in [0.05, 0.1) is 27.9 Å². The third-order valence-corrected chi connectivity index (χ3v) is 8.14. The Labute approximate surface area is 208 Å². The van der Waals surface area contributed by atoms with Crippen LogP contribution in [-0.2, 0) is 9.31 Å². The fourth-order valence-electron chi connectivity index (χ4n) is 5.51. The van der Waals surface area contributed by atoms with Gasteiger partial charge in [-0.2, -0.15) is 0 Å². The van der Waals surface area contributed by atoms with Gasteiger partial charge in [0, 0.05) is 16.3 Å². The first-order valence-electron chi connectivity index (χ1n) is 12.6. The third kappa shape index (κ3) is 3.50. The third-order valence-electron chi connectivity index (χ3n) is 8.14. The van der Waals surface area contributed by atoms with Crippen molar-refractivity contribution in [3.63, 3.8) is 0 Å². The van der Waals surface area contributed by atoms with E-state index in [9.17, 15) is 0 Å². The number of allylic oxidation sites excluding steroid dienone is 4. The Hall–Kier alpha value is -3.08. The second-order valence-electron chi connectivity index (χ2n) is 10.9. The van der Waals surface area contributed by atoms with Gasteiger partial charge in [0.15, 0.2) is 0 Å². The van der Waals surface area contributed by atoms with Crippen molar-refractivity contribution in [1.29, 1.82) is 0 Å². The number of aromatic nitrogens is 1. The molecule has 0 saturated carbocycles. The van der Waals surface area contributed by atoms with Crippen LogP contribution in [0.5, 0.6) is 0 Å². The minimum atomic E-state index is -0.325. The molecule has 176 valence electrons. The van der Waals surface area contributed by atoms with Crippen molar-refractivity contribution in [2.24, 2.45) is 5.92 Å². The first kappa shape index (κ1) is 22.4. The molecule has 4 heteroatoms. The number of benzene rings is 3. The van der Waals surface area contributed by atoms with Crippen LogP contribution < -0.4 is 0 Å². The van der Waals surface area contributed by atoms with Crippen LogP contribution in [0.15, 0.2) is 90.4 Å². The Morgan fingerprint density at radius 3 is 1.89 bits per heavy atom. The molecule has 4 aromatic rings. The van der Waals surface area contributed by atoms with E-state index >= 15 is 0 Å². The highest BCUT2D eigenvalue weighted by atomic mass is 16.7. The SMILES string of the molecule is CC1CC(B2OC(C)(C)C(C)(C)O2)=CC=C1c1ccccc1-n1c2ccccc2c2ccccc21. The molecule has 1 unspecified atom stereocenters. The smallest absolute Gasteiger partial charge is 0.400 e. The van der Waals surface area contributed by atoms with Crippen molar-refractivity contribution in [2.75, 3.05) is 0 Å². The van der Waals surface area contributed by atoms with E-state index < -0.39 is 0 Å². The van der Waals surface area contributed by atoms with E-state index in [1.807, 2.05) is 0 Å². The monoisotopic (exact) mass is 461 g/mol. The Morgan fingerprint density at radius 2 is 1.29 bits per heavy atom. The maximum atomic E-state index is 6.35. The average molecular weight is 461 g/mol. The van der Waals surface area contributed by atoms with Crippen LogP contribution >= 0.6 is 0 Å². The number of hydrogen-bond donors (Lipinski definition) is 0. The summed E-state index contributed by atoms with van der Waals surface area (Å²) >= 11 is 0. The Morgan fingerprint density at radius 1 is 0.743 bits per heavy atom. The predicted octanol–water partition coefficient (Wildman–Crippen LogP) is 7.76. The van der Waals surface area contributed by atoms with E-state index in [4.69, 9.17) is 9.31 Å². The highest BCUT2D eigenvalue weighted by Gasteiger charge is 2.52. The molecule has 1 aliphatic carbocycles. The van der Waals surface area contributed by atoms with E-state index in [0.29, 0.717) is 5.92 Å². The van der Waals surface area contributed by atoms with Crippen LogP contribution in [0.3, 0.4) is 0 Å².